The molecular formula is C10H15N3O. The molecule has 1 atom stereocenters. The number of nitrogens with one attached hydrogen (secondary N) is 1. The number of rotatable bonds is 0. The van der Waals surface area contributed by atoms with E-state index in [4.69, 9.17) is 10.3 Å². The van der Waals surface area contributed by atoms with Gasteiger partial charge in [-0.05, 0) is 25.9 Å². The molecule has 1 aliphatic heterocycles. The number of nitrogens with zero attached hydrogens (tertiary/aromatic N) is 1. The maximum atomic E-state index is 6.22. The Kier molecular flexibility index (Phi) is 1.69. The normalized spacial score (nSPS) is 29.4. The van der Waals surface area contributed by atoms with E-state index in [1.54, 1.807) is 0 Å². The topological polar surface area (TPSA) is 64.1 Å². The van der Waals surface area contributed by atoms with Crippen LogP contribution in [-0.2, 0) is 11.8 Å². The predicted molar refractivity (Wildman–Crippen MR) is 52.0 cm³/mol. The molecule has 0 unspecified atom stereocenters. The van der Waals surface area contributed by atoms with Crippen molar-refractivity contribution in [3.63, 3.8) is 0 Å². The second-order valence-electron chi connectivity index (χ2n) is 4.38. The number of aromatic nitrogens is 1. The summed E-state index contributed by atoms with van der Waals surface area (Å²) in [5.41, 5.74) is 7.65. The highest BCUT2D eigenvalue weighted by Gasteiger charge is 2.47. The Hall–Kier alpha value is -0.870. The van der Waals surface area contributed by atoms with Crippen LogP contribution in [0.3, 0.4) is 0 Å². The third kappa shape index (κ3) is 0.925. The first kappa shape index (κ1) is 8.44. The number of nitrogens with two attached hydrogens (primary N) is 1. The first-order valence-electron chi connectivity index (χ1n) is 5.23. The number of fused-ring (bicyclic) bond motifs is 2. The van der Waals surface area contributed by atoms with Crippen molar-refractivity contribution in [2.75, 3.05) is 13.1 Å². The van der Waals surface area contributed by atoms with Crippen LogP contribution >= 0.6 is 0 Å². The van der Waals surface area contributed by atoms with Gasteiger partial charge in [0, 0.05) is 23.4 Å². The van der Waals surface area contributed by atoms with Gasteiger partial charge in [0.15, 0.2) is 0 Å². The smallest absolute Gasteiger partial charge is 0.142 e. The lowest BCUT2D eigenvalue weighted by molar-refractivity contribution is 0.270. The highest BCUT2D eigenvalue weighted by atomic mass is 16.5. The van der Waals surface area contributed by atoms with Crippen LogP contribution in [0, 0.1) is 0 Å². The Morgan fingerprint density at radius 2 is 2.29 bits per heavy atom. The Bertz CT molecular complexity index is 341. The largest absolute Gasteiger partial charge is 0.361 e. The van der Waals surface area contributed by atoms with Gasteiger partial charge in [0.25, 0.3) is 0 Å². The summed E-state index contributed by atoms with van der Waals surface area (Å²) in [6, 6.07) is 0.223. The van der Waals surface area contributed by atoms with Crippen LogP contribution in [0.15, 0.2) is 10.7 Å². The molecule has 0 bridgehead atoms. The van der Waals surface area contributed by atoms with Crippen LogP contribution in [0.5, 0.6) is 0 Å². The lowest BCUT2D eigenvalue weighted by atomic mass is 9.72. The molecule has 0 saturated carbocycles. The molecule has 1 fully saturated rings. The Labute approximate surface area is 82.8 Å². The molecular weight excluding hydrogens is 178 g/mol. The maximum absolute atomic E-state index is 6.22. The van der Waals surface area contributed by atoms with E-state index in [1.807, 2.05) is 6.20 Å². The molecule has 1 aromatic rings. The van der Waals surface area contributed by atoms with Crippen LogP contribution < -0.4 is 11.1 Å². The highest BCUT2D eigenvalue weighted by Crippen LogP contribution is 2.44. The molecule has 0 radical (unpaired) electrons. The van der Waals surface area contributed by atoms with E-state index in [2.05, 4.69) is 10.5 Å². The fourth-order valence-electron chi connectivity index (χ4n) is 2.93. The van der Waals surface area contributed by atoms with E-state index < -0.39 is 0 Å². The highest BCUT2D eigenvalue weighted by molar-refractivity contribution is 5.35. The summed E-state index contributed by atoms with van der Waals surface area (Å²) in [5.74, 6) is 1.01. The molecule has 1 aliphatic carbocycles. The van der Waals surface area contributed by atoms with Gasteiger partial charge in [-0.1, -0.05) is 5.16 Å². The number of hydrogen-bond donors (Lipinski definition) is 2. The maximum Gasteiger partial charge on any atom is 0.142 e. The van der Waals surface area contributed by atoms with Crippen molar-refractivity contribution in [3.8, 4) is 0 Å². The first-order chi connectivity index (χ1) is 6.83. The van der Waals surface area contributed by atoms with E-state index >= 15 is 0 Å². The van der Waals surface area contributed by atoms with Gasteiger partial charge >= 0.3 is 0 Å². The van der Waals surface area contributed by atoms with Gasteiger partial charge in [0.05, 0.1) is 6.20 Å². The van der Waals surface area contributed by atoms with Crippen molar-refractivity contribution >= 4 is 0 Å². The lowest BCUT2D eigenvalue weighted by Crippen LogP contribution is -2.49. The molecule has 3 rings (SSSR count). The third-order valence-electron chi connectivity index (χ3n) is 3.79. The number of piperidine rings is 1. The zero-order chi connectivity index (χ0) is 9.60. The average Bonchev–Trinajstić information content (AvgIpc) is 2.74. The zero-order valence-electron chi connectivity index (χ0n) is 8.12. The summed E-state index contributed by atoms with van der Waals surface area (Å²) in [5, 5.41) is 7.25. The number of hydrogen-bond acceptors (Lipinski definition) is 4. The van der Waals surface area contributed by atoms with Crippen molar-refractivity contribution < 1.29 is 4.52 Å². The van der Waals surface area contributed by atoms with Gasteiger partial charge in [-0.2, -0.15) is 0 Å². The molecule has 14 heavy (non-hydrogen) atoms. The van der Waals surface area contributed by atoms with Crippen molar-refractivity contribution in [1.29, 1.82) is 0 Å². The summed E-state index contributed by atoms with van der Waals surface area (Å²) < 4.78 is 5.22. The fraction of sp³-hybridized carbons (Fsp3) is 0.700. The van der Waals surface area contributed by atoms with Crippen LogP contribution in [0.1, 0.15) is 24.2 Å². The fourth-order valence-corrected chi connectivity index (χ4v) is 2.93. The van der Waals surface area contributed by atoms with Crippen molar-refractivity contribution in [2.45, 2.75) is 30.7 Å². The van der Waals surface area contributed by atoms with E-state index in [-0.39, 0.29) is 11.5 Å². The lowest BCUT2D eigenvalue weighted by Gasteiger charge is -2.37. The van der Waals surface area contributed by atoms with Crippen molar-refractivity contribution in [3.05, 3.63) is 17.5 Å². The minimum atomic E-state index is 0.153. The standard InChI is InChI=1S/C10H15N3O/c11-9-5-8-7(6-13-14-8)10(9)1-3-12-4-2-10/h6,9,12H,1-5,11H2/t9-/m1/s1. The summed E-state index contributed by atoms with van der Waals surface area (Å²) >= 11 is 0. The average molecular weight is 193 g/mol. The molecule has 76 valence electrons. The molecule has 3 N–H and O–H groups in total. The van der Waals surface area contributed by atoms with Crippen molar-refractivity contribution in [1.82, 2.24) is 10.5 Å². The molecule has 2 heterocycles. The Morgan fingerprint density at radius 3 is 3.07 bits per heavy atom. The van der Waals surface area contributed by atoms with Gasteiger partial charge in [0.2, 0.25) is 0 Å². The molecule has 1 aromatic heterocycles. The molecule has 2 aliphatic rings. The van der Waals surface area contributed by atoms with E-state index in [0.29, 0.717) is 0 Å². The van der Waals surface area contributed by atoms with Gasteiger partial charge in [0.1, 0.15) is 5.76 Å². The van der Waals surface area contributed by atoms with Gasteiger partial charge < -0.3 is 15.6 Å². The van der Waals surface area contributed by atoms with Crippen LogP contribution in [0.2, 0.25) is 0 Å². The summed E-state index contributed by atoms with van der Waals surface area (Å²) in [4.78, 5) is 0. The van der Waals surface area contributed by atoms with Gasteiger partial charge in [-0.25, -0.2) is 0 Å². The Balaban J connectivity index is 2.05. The third-order valence-corrected chi connectivity index (χ3v) is 3.79. The second-order valence-corrected chi connectivity index (χ2v) is 4.38. The summed E-state index contributed by atoms with van der Waals surface area (Å²) in [6.45, 7) is 2.11. The van der Waals surface area contributed by atoms with Gasteiger partial charge in [-0.3, -0.25) is 0 Å². The Morgan fingerprint density at radius 1 is 1.50 bits per heavy atom. The molecule has 0 aromatic carbocycles. The molecule has 4 heteroatoms. The van der Waals surface area contributed by atoms with Crippen LogP contribution in [-0.4, -0.2) is 24.3 Å². The first-order valence-corrected chi connectivity index (χ1v) is 5.23. The van der Waals surface area contributed by atoms with E-state index in [0.717, 1.165) is 38.1 Å². The monoisotopic (exact) mass is 193 g/mol. The van der Waals surface area contributed by atoms with Crippen LogP contribution in [0.25, 0.3) is 0 Å². The quantitative estimate of drug-likeness (QED) is 0.617. The molecule has 4 nitrogen and oxygen atoms in total. The zero-order valence-corrected chi connectivity index (χ0v) is 8.12. The second kappa shape index (κ2) is 2.81. The summed E-state index contributed by atoms with van der Waals surface area (Å²) in [6.07, 6.45) is 4.95. The minimum Gasteiger partial charge on any atom is -0.361 e. The van der Waals surface area contributed by atoms with E-state index in [1.165, 1.54) is 5.56 Å². The summed E-state index contributed by atoms with van der Waals surface area (Å²) in [7, 11) is 0. The van der Waals surface area contributed by atoms with E-state index in [9.17, 15) is 0 Å². The molecule has 1 spiro atoms. The minimum absolute atomic E-state index is 0.153. The van der Waals surface area contributed by atoms with Gasteiger partial charge in [-0.15, -0.1) is 0 Å². The predicted octanol–water partition coefficient (Wildman–Crippen LogP) is 0.179. The van der Waals surface area contributed by atoms with Crippen LogP contribution in [0.4, 0.5) is 0 Å². The SMILES string of the molecule is N[C@@H]1Cc2oncc2C12CCNCC2. The van der Waals surface area contributed by atoms with Crippen molar-refractivity contribution in [2.24, 2.45) is 5.73 Å². The molecule has 0 amide bonds. The molecule has 1 saturated heterocycles.